The van der Waals surface area contributed by atoms with Crippen molar-refractivity contribution in [2.24, 2.45) is 5.73 Å². The summed E-state index contributed by atoms with van der Waals surface area (Å²) in [5, 5.41) is 4.56. The SMILES string of the molecule is C[C@@H](N)C(=O)NCc1cscn1. The lowest BCUT2D eigenvalue weighted by atomic mass is 10.3. The van der Waals surface area contributed by atoms with Crippen LogP contribution in [0.1, 0.15) is 12.6 Å². The molecule has 1 rings (SSSR count). The number of nitrogens with zero attached hydrogens (tertiary/aromatic N) is 1. The molecule has 0 radical (unpaired) electrons. The number of aromatic nitrogens is 1. The average Bonchev–Trinajstić information content (AvgIpc) is 2.51. The average molecular weight is 185 g/mol. The van der Waals surface area contributed by atoms with Gasteiger partial charge in [-0.25, -0.2) is 4.98 Å². The molecule has 1 atom stereocenters. The Hall–Kier alpha value is -0.940. The van der Waals surface area contributed by atoms with E-state index in [1.807, 2.05) is 5.38 Å². The number of carbonyl (C=O) groups excluding carboxylic acids is 1. The van der Waals surface area contributed by atoms with Crippen LogP contribution in [0, 0.1) is 0 Å². The third kappa shape index (κ3) is 2.60. The van der Waals surface area contributed by atoms with Gasteiger partial charge in [0.15, 0.2) is 0 Å². The molecule has 0 unspecified atom stereocenters. The van der Waals surface area contributed by atoms with E-state index in [0.717, 1.165) is 5.69 Å². The molecule has 0 saturated heterocycles. The standard InChI is InChI=1S/C7H11N3OS/c1-5(8)7(11)9-2-6-3-12-4-10-6/h3-5H,2,8H2,1H3,(H,9,11)/t5-/m1/s1. The molecule has 1 aromatic rings. The Morgan fingerprint density at radius 1 is 1.92 bits per heavy atom. The molecular formula is C7H11N3OS. The lowest BCUT2D eigenvalue weighted by Crippen LogP contribution is -2.37. The van der Waals surface area contributed by atoms with Crippen molar-refractivity contribution in [2.75, 3.05) is 0 Å². The van der Waals surface area contributed by atoms with Crippen molar-refractivity contribution in [3.63, 3.8) is 0 Å². The third-order valence-corrected chi connectivity index (χ3v) is 1.98. The summed E-state index contributed by atoms with van der Waals surface area (Å²) >= 11 is 1.51. The normalized spacial score (nSPS) is 12.5. The van der Waals surface area contributed by atoms with Crippen LogP contribution in [0.4, 0.5) is 0 Å². The van der Waals surface area contributed by atoms with Gasteiger partial charge in [0.05, 0.1) is 23.8 Å². The summed E-state index contributed by atoms with van der Waals surface area (Å²) in [5.41, 5.74) is 7.94. The number of carbonyl (C=O) groups is 1. The lowest BCUT2D eigenvalue weighted by molar-refractivity contribution is -0.122. The Kier molecular flexibility index (Phi) is 3.19. The fourth-order valence-electron chi connectivity index (χ4n) is 0.663. The Morgan fingerprint density at radius 2 is 2.67 bits per heavy atom. The summed E-state index contributed by atoms with van der Waals surface area (Å²) < 4.78 is 0. The topological polar surface area (TPSA) is 68.0 Å². The number of hydrogen-bond donors (Lipinski definition) is 2. The molecule has 0 aliphatic rings. The maximum absolute atomic E-state index is 11.0. The lowest BCUT2D eigenvalue weighted by Gasteiger charge is -2.04. The second-order valence-corrected chi connectivity index (χ2v) is 3.20. The van der Waals surface area contributed by atoms with Crippen molar-refractivity contribution < 1.29 is 4.79 Å². The molecule has 1 heterocycles. The van der Waals surface area contributed by atoms with Crippen molar-refractivity contribution in [1.29, 1.82) is 0 Å². The van der Waals surface area contributed by atoms with Gasteiger partial charge >= 0.3 is 0 Å². The predicted octanol–water partition coefficient (Wildman–Crippen LogP) is 0.106. The highest BCUT2D eigenvalue weighted by atomic mass is 32.1. The van der Waals surface area contributed by atoms with Gasteiger partial charge in [-0.3, -0.25) is 4.79 Å². The smallest absolute Gasteiger partial charge is 0.236 e. The second-order valence-electron chi connectivity index (χ2n) is 2.49. The van der Waals surface area contributed by atoms with Crippen LogP contribution in [-0.2, 0) is 11.3 Å². The summed E-state index contributed by atoms with van der Waals surface area (Å²) in [6.07, 6.45) is 0. The molecule has 1 amide bonds. The highest BCUT2D eigenvalue weighted by Gasteiger charge is 2.06. The van der Waals surface area contributed by atoms with Crippen LogP contribution in [-0.4, -0.2) is 16.9 Å². The molecule has 66 valence electrons. The van der Waals surface area contributed by atoms with Crippen LogP contribution in [0.3, 0.4) is 0 Å². The van der Waals surface area contributed by atoms with Gasteiger partial charge in [-0.2, -0.15) is 0 Å². The van der Waals surface area contributed by atoms with Crippen molar-refractivity contribution in [1.82, 2.24) is 10.3 Å². The first-order valence-corrected chi connectivity index (χ1v) is 4.55. The minimum absolute atomic E-state index is 0.150. The zero-order valence-electron chi connectivity index (χ0n) is 6.78. The monoisotopic (exact) mass is 185 g/mol. The van der Waals surface area contributed by atoms with Gasteiger partial charge in [0, 0.05) is 5.38 Å². The molecule has 1 aromatic heterocycles. The summed E-state index contributed by atoms with van der Waals surface area (Å²) in [6.45, 7) is 2.11. The summed E-state index contributed by atoms with van der Waals surface area (Å²) in [7, 11) is 0. The number of thiazole rings is 1. The maximum Gasteiger partial charge on any atom is 0.236 e. The van der Waals surface area contributed by atoms with E-state index in [1.54, 1.807) is 12.4 Å². The van der Waals surface area contributed by atoms with Gasteiger partial charge in [-0.05, 0) is 6.92 Å². The van der Waals surface area contributed by atoms with E-state index in [0.29, 0.717) is 6.54 Å². The number of nitrogens with two attached hydrogens (primary N) is 1. The van der Waals surface area contributed by atoms with E-state index >= 15 is 0 Å². The molecule has 0 fully saturated rings. The highest BCUT2D eigenvalue weighted by Crippen LogP contribution is 1.99. The second kappa shape index (κ2) is 4.18. The molecule has 5 heteroatoms. The fourth-order valence-corrected chi connectivity index (χ4v) is 1.22. The number of hydrogen-bond acceptors (Lipinski definition) is 4. The molecule has 0 spiro atoms. The van der Waals surface area contributed by atoms with Crippen LogP contribution < -0.4 is 11.1 Å². The highest BCUT2D eigenvalue weighted by molar-refractivity contribution is 7.07. The molecule has 0 aromatic carbocycles. The predicted molar refractivity (Wildman–Crippen MR) is 47.6 cm³/mol. The van der Waals surface area contributed by atoms with Crippen molar-refractivity contribution in [3.05, 3.63) is 16.6 Å². The first-order chi connectivity index (χ1) is 5.70. The Bertz CT molecular complexity index is 245. The minimum atomic E-state index is -0.455. The zero-order valence-corrected chi connectivity index (χ0v) is 7.60. The minimum Gasteiger partial charge on any atom is -0.349 e. The Morgan fingerprint density at radius 3 is 3.17 bits per heavy atom. The Balaban J connectivity index is 2.32. The zero-order chi connectivity index (χ0) is 8.97. The van der Waals surface area contributed by atoms with Gasteiger partial charge in [0.25, 0.3) is 0 Å². The molecule has 3 N–H and O–H groups in total. The fraction of sp³-hybridized carbons (Fsp3) is 0.429. The number of rotatable bonds is 3. The molecule has 0 bridgehead atoms. The van der Waals surface area contributed by atoms with Crippen molar-refractivity contribution in [2.45, 2.75) is 19.5 Å². The van der Waals surface area contributed by atoms with E-state index < -0.39 is 6.04 Å². The van der Waals surface area contributed by atoms with E-state index in [1.165, 1.54) is 11.3 Å². The quantitative estimate of drug-likeness (QED) is 0.702. The van der Waals surface area contributed by atoms with E-state index in [4.69, 9.17) is 5.73 Å². The largest absolute Gasteiger partial charge is 0.349 e. The van der Waals surface area contributed by atoms with E-state index in [9.17, 15) is 4.79 Å². The third-order valence-electron chi connectivity index (χ3n) is 1.34. The van der Waals surface area contributed by atoms with Crippen LogP contribution >= 0.6 is 11.3 Å². The molecule has 12 heavy (non-hydrogen) atoms. The van der Waals surface area contributed by atoms with Gasteiger partial charge in [-0.15, -0.1) is 11.3 Å². The van der Waals surface area contributed by atoms with Crippen LogP contribution in [0.15, 0.2) is 10.9 Å². The van der Waals surface area contributed by atoms with E-state index in [2.05, 4.69) is 10.3 Å². The maximum atomic E-state index is 11.0. The van der Waals surface area contributed by atoms with E-state index in [-0.39, 0.29) is 5.91 Å². The van der Waals surface area contributed by atoms with Gasteiger partial charge in [0.2, 0.25) is 5.91 Å². The molecule has 0 aliphatic carbocycles. The van der Waals surface area contributed by atoms with Crippen molar-refractivity contribution >= 4 is 17.2 Å². The Labute approximate surface area is 74.8 Å². The van der Waals surface area contributed by atoms with Crippen LogP contribution in [0.5, 0.6) is 0 Å². The van der Waals surface area contributed by atoms with Gasteiger partial charge < -0.3 is 11.1 Å². The number of nitrogens with one attached hydrogen (secondary N) is 1. The van der Waals surface area contributed by atoms with Gasteiger partial charge in [0.1, 0.15) is 0 Å². The summed E-state index contributed by atoms with van der Waals surface area (Å²) in [5.74, 6) is -0.150. The molecule has 0 aliphatic heterocycles. The van der Waals surface area contributed by atoms with Crippen LogP contribution in [0.25, 0.3) is 0 Å². The first kappa shape index (κ1) is 9.15. The van der Waals surface area contributed by atoms with Crippen molar-refractivity contribution in [3.8, 4) is 0 Å². The number of amides is 1. The molecular weight excluding hydrogens is 174 g/mol. The van der Waals surface area contributed by atoms with Crippen LogP contribution in [0.2, 0.25) is 0 Å². The summed E-state index contributed by atoms with van der Waals surface area (Å²) in [4.78, 5) is 15.0. The molecule has 4 nitrogen and oxygen atoms in total. The summed E-state index contributed by atoms with van der Waals surface area (Å²) in [6, 6.07) is -0.455. The molecule has 0 saturated carbocycles. The van der Waals surface area contributed by atoms with Gasteiger partial charge in [-0.1, -0.05) is 0 Å². The first-order valence-electron chi connectivity index (χ1n) is 3.60.